The predicted octanol–water partition coefficient (Wildman–Crippen LogP) is 2.48. The highest BCUT2D eigenvalue weighted by molar-refractivity contribution is 7.88. The van der Waals surface area contributed by atoms with Crippen LogP contribution >= 0.6 is 0 Å². The Morgan fingerprint density at radius 2 is 1.73 bits per heavy atom. The Labute approximate surface area is 152 Å². The number of carbonyl (C=O) groups is 1. The highest BCUT2D eigenvalue weighted by Crippen LogP contribution is 2.23. The maximum Gasteiger partial charge on any atom is 0.228 e. The number of anilines is 1. The van der Waals surface area contributed by atoms with E-state index in [-0.39, 0.29) is 12.3 Å². The highest BCUT2D eigenvalue weighted by Gasteiger charge is 2.22. The molecule has 0 unspecified atom stereocenters. The zero-order chi connectivity index (χ0) is 19.3. The first-order chi connectivity index (χ1) is 12.2. The van der Waals surface area contributed by atoms with Crippen molar-refractivity contribution in [1.82, 2.24) is 4.72 Å². The van der Waals surface area contributed by atoms with Crippen LogP contribution in [0.5, 0.6) is 5.75 Å². The van der Waals surface area contributed by atoms with Gasteiger partial charge in [0, 0.05) is 19.2 Å². The maximum absolute atomic E-state index is 13.1. The van der Waals surface area contributed by atoms with Crippen molar-refractivity contribution >= 4 is 21.6 Å². The van der Waals surface area contributed by atoms with Crippen molar-refractivity contribution in [2.24, 2.45) is 0 Å². The molecule has 0 radical (unpaired) electrons. The van der Waals surface area contributed by atoms with E-state index in [1.54, 1.807) is 38.4 Å². The molecule has 0 spiro atoms. The summed E-state index contributed by atoms with van der Waals surface area (Å²) in [7, 11) is -0.404. The van der Waals surface area contributed by atoms with Crippen molar-refractivity contribution in [2.75, 3.05) is 25.3 Å². The summed E-state index contributed by atoms with van der Waals surface area (Å²) in [5, 5.41) is 0. The van der Waals surface area contributed by atoms with Gasteiger partial charge >= 0.3 is 0 Å². The van der Waals surface area contributed by atoms with Gasteiger partial charge in [0.15, 0.2) is 0 Å². The zero-order valence-electron chi connectivity index (χ0n) is 14.8. The molecule has 6 nitrogen and oxygen atoms in total. The van der Waals surface area contributed by atoms with Gasteiger partial charge in [0.05, 0.1) is 19.4 Å². The molecular formula is C18H21FN2O4S. The Morgan fingerprint density at radius 3 is 2.23 bits per heavy atom. The molecule has 2 aromatic carbocycles. The molecule has 26 heavy (non-hydrogen) atoms. The Hall–Kier alpha value is -2.45. The van der Waals surface area contributed by atoms with E-state index in [1.807, 2.05) is 0 Å². The number of benzene rings is 2. The second-order valence-electron chi connectivity index (χ2n) is 5.85. The molecule has 1 amide bonds. The van der Waals surface area contributed by atoms with Crippen molar-refractivity contribution in [3.8, 4) is 5.75 Å². The lowest BCUT2D eigenvalue weighted by Gasteiger charge is -2.22. The predicted molar refractivity (Wildman–Crippen MR) is 98.1 cm³/mol. The Morgan fingerprint density at radius 1 is 1.15 bits per heavy atom. The molecule has 0 bridgehead atoms. The van der Waals surface area contributed by atoms with Crippen molar-refractivity contribution in [1.29, 1.82) is 0 Å². The van der Waals surface area contributed by atoms with Crippen LogP contribution in [0.3, 0.4) is 0 Å². The van der Waals surface area contributed by atoms with Gasteiger partial charge in [-0.05, 0) is 42.0 Å². The molecule has 1 N–H and O–H groups in total. The normalized spacial score (nSPS) is 12.5. The van der Waals surface area contributed by atoms with Gasteiger partial charge in [-0.25, -0.2) is 17.5 Å². The van der Waals surface area contributed by atoms with Crippen molar-refractivity contribution in [3.05, 3.63) is 59.9 Å². The molecule has 0 aromatic heterocycles. The molecule has 8 heteroatoms. The fraction of sp³-hybridized carbons (Fsp3) is 0.278. The Balaban J connectivity index is 2.20. The summed E-state index contributed by atoms with van der Waals surface area (Å²) < 4.78 is 44.0. The summed E-state index contributed by atoms with van der Waals surface area (Å²) in [6.45, 7) is 0. The molecule has 2 aromatic rings. The van der Waals surface area contributed by atoms with Crippen LogP contribution in [-0.4, -0.2) is 34.7 Å². The van der Waals surface area contributed by atoms with Crippen LogP contribution in [0.4, 0.5) is 10.1 Å². The van der Waals surface area contributed by atoms with E-state index in [4.69, 9.17) is 4.74 Å². The van der Waals surface area contributed by atoms with E-state index in [0.717, 1.165) is 6.26 Å². The van der Waals surface area contributed by atoms with Crippen LogP contribution in [0.1, 0.15) is 18.0 Å². The largest absolute Gasteiger partial charge is 0.497 e. The second-order valence-corrected chi connectivity index (χ2v) is 7.63. The minimum atomic E-state index is -3.56. The fourth-order valence-electron chi connectivity index (χ4n) is 2.44. The Kier molecular flexibility index (Phi) is 6.33. The lowest BCUT2D eigenvalue weighted by atomic mass is 10.0. The molecule has 0 saturated heterocycles. The number of methoxy groups -OCH3 is 1. The molecule has 1 atom stereocenters. The third-order valence-corrected chi connectivity index (χ3v) is 4.55. The number of nitrogens with zero attached hydrogens (tertiary/aromatic N) is 1. The fourth-order valence-corrected chi connectivity index (χ4v) is 3.18. The quantitative estimate of drug-likeness (QED) is 0.801. The summed E-state index contributed by atoms with van der Waals surface area (Å²) in [5.41, 5.74) is 1.15. The van der Waals surface area contributed by atoms with Gasteiger partial charge in [-0.3, -0.25) is 4.79 Å². The average molecular weight is 380 g/mol. The van der Waals surface area contributed by atoms with Gasteiger partial charge < -0.3 is 9.64 Å². The van der Waals surface area contributed by atoms with E-state index in [0.29, 0.717) is 17.0 Å². The summed E-state index contributed by atoms with van der Waals surface area (Å²) in [5.74, 6) is -0.0632. The van der Waals surface area contributed by atoms with Crippen LogP contribution in [0, 0.1) is 5.82 Å². The summed E-state index contributed by atoms with van der Waals surface area (Å²) in [6, 6.07) is 11.5. The maximum atomic E-state index is 13.1. The standard InChI is InChI=1S/C18H21FN2O4S/c1-21(15-8-10-16(25-2)11-9-15)18(22)12-17(20-26(3,23)24)13-4-6-14(19)7-5-13/h4-11,17,20H,12H2,1-3H3/t17-/m1/s1. The number of carbonyl (C=O) groups excluding carboxylic acids is 1. The SMILES string of the molecule is COc1ccc(N(C)C(=O)C[C@@H](NS(C)(=O)=O)c2ccc(F)cc2)cc1. The van der Waals surface area contributed by atoms with Crippen LogP contribution < -0.4 is 14.4 Å². The lowest BCUT2D eigenvalue weighted by Crippen LogP contribution is -2.34. The van der Waals surface area contributed by atoms with Crippen LogP contribution in [0.15, 0.2) is 48.5 Å². The minimum absolute atomic E-state index is 0.110. The van der Waals surface area contributed by atoms with Crippen LogP contribution in [0.2, 0.25) is 0 Å². The third kappa shape index (κ3) is 5.53. The molecule has 0 aliphatic carbocycles. The van der Waals surface area contributed by atoms with E-state index >= 15 is 0 Å². The van der Waals surface area contributed by atoms with Gasteiger partial charge in [-0.1, -0.05) is 12.1 Å². The average Bonchev–Trinajstić information content (AvgIpc) is 2.60. The van der Waals surface area contributed by atoms with Crippen molar-refractivity contribution < 1.29 is 22.3 Å². The lowest BCUT2D eigenvalue weighted by molar-refractivity contribution is -0.118. The van der Waals surface area contributed by atoms with E-state index in [1.165, 1.54) is 29.2 Å². The summed E-state index contributed by atoms with van der Waals surface area (Å²) in [4.78, 5) is 14.1. The smallest absolute Gasteiger partial charge is 0.228 e. The van der Waals surface area contributed by atoms with E-state index < -0.39 is 21.9 Å². The number of nitrogens with one attached hydrogen (secondary N) is 1. The molecule has 2 rings (SSSR count). The third-order valence-electron chi connectivity index (χ3n) is 3.84. The number of rotatable bonds is 7. The number of sulfonamides is 1. The minimum Gasteiger partial charge on any atom is -0.497 e. The van der Waals surface area contributed by atoms with Gasteiger partial charge in [0.2, 0.25) is 15.9 Å². The first-order valence-electron chi connectivity index (χ1n) is 7.83. The van der Waals surface area contributed by atoms with E-state index in [2.05, 4.69) is 4.72 Å². The van der Waals surface area contributed by atoms with Crippen molar-refractivity contribution in [3.63, 3.8) is 0 Å². The Bertz CT molecular complexity index is 852. The summed E-state index contributed by atoms with van der Waals surface area (Å²) >= 11 is 0. The van der Waals surface area contributed by atoms with Crippen LogP contribution in [0.25, 0.3) is 0 Å². The first kappa shape index (κ1) is 19.9. The van der Waals surface area contributed by atoms with Crippen LogP contribution in [-0.2, 0) is 14.8 Å². The highest BCUT2D eigenvalue weighted by atomic mass is 32.2. The topological polar surface area (TPSA) is 75.7 Å². The van der Waals surface area contributed by atoms with Gasteiger partial charge in [0.1, 0.15) is 11.6 Å². The number of amides is 1. The molecule has 140 valence electrons. The second kappa shape index (κ2) is 8.29. The molecule has 0 aliphatic heterocycles. The summed E-state index contributed by atoms with van der Waals surface area (Å²) in [6.07, 6.45) is 0.905. The number of hydrogen-bond acceptors (Lipinski definition) is 4. The monoisotopic (exact) mass is 380 g/mol. The molecule has 0 aliphatic rings. The van der Waals surface area contributed by atoms with E-state index in [9.17, 15) is 17.6 Å². The molecule has 0 heterocycles. The molecule has 0 fully saturated rings. The number of hydrogen-bond donors (Lipinski definition) is 1. The van der Waals surface area contributed by atoms with Gasteiger partial charge in [-0.2, -0.15) is 0 Å². The molecular weight excluding hydrogens is 359 g/mol. The molecule has 0 saturated carbocycles. The zero-order valence-corrected chi connectivity index (χ0v) is 15.6. The number of ether oxygens (including phenoxy) is 1. The van der Waals surface area contributed by atoms with Gasteiger partial charge in [-0.15, -0.1) is 0 Å². The first-order valence-corrected chi connectivity index (χ1v) is 9.72. The van der Waals surface area contributed by atoms with Gasteiger partial charge in [0.25, 0.3) is 0 Å². The number of halogens is 1. The van der Waals surface area contributed by atoms with Crippen molar-refractivity contribution in [2.45, 2.75) is 12.5 Å².